The van der Waals surface area contributed by atoms with Crippen molar-refractivity contribution >= 4 is 23.5 Å². The lowest BCUT2D eigenvalue weighted by molar-refractivity contribution is -0.125. The smallest absolute Gasteiger partial charge is 0.324 e. The largest absolute Gasteiger partial charge is 0.329 e. The molecular formula is C18H21N3O3. The lowest BCUT2D eigenvalue weighted by Crippen LogP contribution is -2.30. The summed E-state index contributed by atoms with van der Waals surface area (Å²) in [6, 6.07) is 6.84. The molecule has 1 heterocycles. The van der Waals surface area contributed by atoms with E-state index in [2.05, 4.69) is 10.6 Å². The topological polar surface area (TPSA) is 78.5 Å². The quantitative estimate of drug-likeness (QED) is 0.659. The van der Waals surface area contributed by atoms with E-state index < -0.39 is 0 Å². The van der Waals surface area contributed by atoms with Crippen LogP contribution in [0.2, 0.25) is 0 Å². The first-order valence-electron chi connectivity index (χ1n) is 8.29. The Kier molecular flexibility index (Phi) is 4.93. The summed E-state index contributed by atoms with van der Waals surface area (Å²) in [7, 11) is 0. The molecule has 2 fully saturated rings. The van der Waals surface area contributed by atoms with Crippen LogP contribution in [0.25, 0.3) is 0 Å². The fourth-order valence-electron chi connectivity index (χ4n) is 3.06. The molecule has 2 N–H and O–H groups in total. The van der Waals surface area contributed by atoms with Gasteiger partial charge in [-0.2, -0.15) is 0 Å². The molecule has 0 unspecified atom stereocenters. The number of urea groups is 1. The zero-order valence-corrected chi connectivity index (χ0v) is 13.5. The fraction of sp³-hybridized carbons (Fsp3) is 0.389. The molecule has 6 nitrogen and oxygen atoms in total. The molecule has 0 radical (unpaired) electrons. The number of rotatable bonds is 4. The Labute approximate surface area is 140 Å². The minimum absolute atomic E-state index is 0.0445. The lowest BCUT2D eigenvalue weighted by atomic mass is 9.94. The SMILES string of the molecule is O=C(C=C1CCCCC1)Nc1cccc(CN2C(=O)CNC2=O)c1. The van der Waals surface area contributed by atoms with Crippen molar-refractivity contribution in [2.45, 2.75) is 38.6 Å². The average Bonchev–Trinajstić information content (AvgIpc) is 2.88. The number of allylic oxidation sites excluding steroid dienone is 1. The molecule has 1 aromatic rings. The predicted octanol–water partition coefficient (Wildman–Crippen LogP) is 2.57. The van der Waals surface area contributed by atoms with E-state index in [1.54, 1.807) is 24.3 Å². The Bertz CT molecular complexity index is 673. The highest BCUT2D eigenvalue weighted by atomic mass is 16.2. The number of imide groups is 1. The highest BCUT2D eigenvalue weighted by Gasteiger charge is 2.28. The first-order valence-corrected chi connectivity index (χ1v) is 8.29. The van der Waals surface area contributed by atoms with Gasteiger partial charge in [-0.1, -0.05) is 24.1 Å². The standard InChI is InChI=1S/C18H21N3O3/c22-16(10-13-5-2-1-3-6-13)20-15-8-4-7-14(9-15)12-21-17(23)11-19-18(21)24/h4,7-10H,1-3,5-6,11-12H2,(H,19,24)(H,20,22). The van der Waals surface area contributed by atoms with Crippen LogP contribution in [0, 0.1) is 0 Å². The molecule has 1 saturated carbocycles. The molecule has 6 heteroatoms. The summed E-state index contributed by atoms with van der Waals surface area (Å²) >= 11 is 0. The van der Waals surface area contributed by atoms with Gasteiger partial charge in [-0.25, -0.2) is 4.79 Å². The molecular weight excluding hydrogens is 306 g/mol. The van der Waals surface area contributed by atoms with Gasteiger partial charge in [-0.15, -0.1) is 0 Å². The minimum atomic E-state index is -0.378. The van der Waals surface area contributed by atoms with Gasteiger partial charge in [0.1, 0.15) is 0 Å². The predicted molar refractivity (Wildman–Crippen MR) is 90.2 cm³/mol. The summed E-state index contributed by atoms with van der Waals surface area (Å²) in [4.78, 5) is 36.5. The van der Waals surface area contributed by atoms with Gasteiger partial charge in [-0.05, 0) is 43.4 Å². The molecule has 2 aliphatic rings. The van der Waals surface area contributed by atoms with E-state index in [1.807, 2.05) is 6.07 Å². The van der Waals surface area contributed by atoms with Gasteiger partial charge < -0.3 is 10.6 Å². The second-order valence-electron chi connectivity index (χ2n) is 6.19. The van der Waals surface area contributed by atoms with Gasteiger partial charge >= 0.3 is 6.03 Å². The molecule has 0 bridgehead atoms. The first-order chi connectivity index (χ1) is 11.6. The van der Waals surface area contributed by atoms with Crippen molar-refractivity contribution in [2.75, 3.05) is 11.9 Å². The van der Waals surface area contributed by atoms with Crippen LogP contribution >= 0.6 is 0 Å². The molecule has 1 aromatic carbocycles. The highest BCUT2D eigenvalue weighted by Crippen LogP contribution is 2.22. The number of benzene rings is 1. The van der Waals surface area contributed by atoms with Crippen molar-refractivity contribution in [3.8, 4) is 0 Å². The number of anilines is 1. The molecule has 126 valence electrons. The number of amides is 4. The average molecular weight is 327 g/mol. The molecule has 0 atom stereocenters. The van der Waals surface area contributed by atoms with Gasteiger partial charge in [0, 0.05) is 11.8 Å². The Morgan fingerprint density at radius 2 is 2.00 bits per heavy atom. The van der Waals surface area contributed by atoms with Crippen LogP contribution < -0.4 is 10.6 Å². The normalized spacial score (nSPS) is 17.7. The second-order valence-corrected chi connectivity index (χ2v) is 6.19. The van der Waals surface area contributed by atoms with Crippen molar-refractivity contribution in [3.63, 3.8) is 0 Å². The van der Waals surface area contributed by atoms with E-state index in [4.69, 9.17) is 0 Å². The maximum Gasteiger partial charge on any atom is 0.324 e. The van der Waals surface area contributed by atoms with E-state index >= 15 is 0 Å². The van der Waals surface area contributed by atoms with Gasteiger partial charge in [0.05, 0.1) is 13.1 Å². The van der Waals surface area contributed by atoms with Crippen LogP contribution in [-0.2, 0) is 16.1 Å². The summed E-state index contributed by atoms with van der Waals surface area (Å²) in [5.41, 5.74) is 2.66. The Morgan fingerprint density at radius 1 is 1.21 bits per heavy atom. The summed E-state index contributed by atoms with van der Waals surface area (Å²) in [6.45, 7) is 0.248. The summed E-state index contributed by atoms with van der Waals surface area (Å²) < 4.78 is 0. The van der Waals surface area contributed by atoms with Crippen LogP contribution in [0.4, 0.5) is 10.5 Å². The van der Waals surface area contributed by atoms with E-state index in [0.29, 0.717) is 5.69 Å². The maximum absolute atomic E-state index is 12.1. The van der Waals surface area contributed by atoms with E-state index in [9.17, 15) is 14.4 Å². The lowest BCUT2D eigenvalue weighted by Gasteiger charge is -2.14. The van der Waals surface area contributed by atoms with E-state index in [0.717, 1.165) is 31.2 Å². The number of hydrogen-bond acceptors (Lipinski definition) is 3. The van der Waals surface area contributed by atoms with Crippen molar-refractivity contribution in [3.05, 3.63) is 41.5 Å². The summed E-state index contributed by atoms with van der Waals surface area (Å²) in [5, 5.41) is 5.35. The van der Waals surface area contributed by atoms with Gasteiger partial charge in [0.2, 0.25) is 11.8 Å². The summed E-state index contributed by atoms with van der Waals surface area (Å²) in [6.07, 6.45) is 7.24. The number of nitrogens with zero attached hydrogens (tertiary/aromatic N) is 1. The molecule has 3 rings (SSSR count). The minimum Gasteiger partial charge on any atom is -0.329 e. The van der Waals surface area contributed by atoms with Crippen LogP contribution in [0.3, 0.4) is 0 Å². The van der Waals surface area contributed by atoms with Crippen LogP contribution in [0.1, 0.15) is 37.7 Å². The number of hydrogen-bond donors (Lipinski definition) is 2. The Hall–Kier alpha value is -2.63. The van der Waals surface area contributed by atoms with E-state index in [-0.39, 0.29) is 30.9 Å². The molecule has 0 spiro atoms. The van der Waals surface area contributed by atoms with Gasteiger partial charge in [0.25, 0.3) is 0 Å². The molecule has 24 heavy (non-hydrogen) atoms. The van der Waals surface area contributed by atoms with Gasteiger partial charge in [-0.3, -0.25) is 14.5 Å². The zero-order chi connectivity index (χ0) is 16.9. The van der Waals surface area contributed by atoms with Crippen LogP contribution in [0.5, 0.6) is 0 Å². The zero-order valence-electron chi connectivity index (χ0n) is 13.5. The van der Waals surface area contributed by atoms with Gasteiger partial charge in [0.15, 0.2) is 0 Å². The van der Waals surface area contributed by atoms with Crippen molar-refractivity contribution in [2.24, 2.45) is 0 Å². The van der Waals surface area contributed by atoms with Crippen molar-refractivity contribution < 1.29 is 14.4 Å². The van der Waals surface area contributed by atoms with Crippen LogP contribution in [0.15, 0.2) is 35.9 Å². The molecule has 0 aromatic heterocycles. The second kappa shape index (κ2) is 7.29. The third kappa shape index (κ3) is 4.01. The van der Waals surface area contributed by atoms with Crippen molar-refractivity contribution in [1.29, 1.82) is 0 Å². The Morgan fingerprint density at radius 3 is 2.71 bits per heavy atom. The molecule has 1 aliphatic carbocycles. The third-order valence-corrected chi connectivity index (χ3v) is 4.30. The number of carbonyl (C=O) groups is 3. The van der Waals surface area contributed by atoms with Crippen LogP contribution in [-0.4, -0.2) is 29.3 Å². The Balaban J connectivity index is 1.63. The number of carbonyl (C=O) groups excluding carboxylic acids is 3. The third-order valence-electron chi connectivity index (χ3n) is 4.30. The molecule has 4 amide bonds. The van der Waals surface area contributed by atoms with Crippen molar-refractivity contribution in [1.82, 2.24) is 10.2 Å². The van der Waals surface area contributed by atoms with E-state index in [1.165, 1.54) is 16.9 Å². The first kappa shape index (κ1) is 16.2. The monoisotopic (exact) mass is 327 g/mol. The number of nitrogens with one attached hydrogen (secondary N) is 2. The maximum atomic E-state index is 12.1. The molecule has 1 aliphatic heterocycles. The fourth-order valence-corrected chi connectivity index (χ4v) is 3.06. The molecule has 1 saturated heterocycles. The highest BCUT2D eigenvalue weighted by molar-refractivity contribution is 6.02. The summed E-state index contributed by atoms with van der Waals surface area (Å²) in [5.74, 6) is -0.365.